The molecule has 1 heterocycles. The number of carboxylic acids is 1. The Morgan fingerprint density at radius 3 is 2.63 bits per heavy atom. The Hall–Kier alpha value is -1.34. The lowest BCUT2D eigenvalue weighted by Gasteiger charge is -2.18. The van der Waals surface area contributed by atoms with E-state index in [1.165, 1.54) is 12.8 Å². The van der Waals surface area contributed by atoms with Crippen LogP contribution in [0, 0.1) is 0 Å². The van der Waals surface area contributed by atoms with Crippen LogP contribution in [0.15, 0.2) is 0 Å². The second kappa shape index (κ2) is 6.21. The molecule has 108 valence electrons. The number of nitrogens with zero attached hydrogens (tertiary/aromatic N) is 1. The Bertz CT molecular complexity index is 346. The summed E-state index contributed by atoms with van der Waals surface area (Å²) in [5.41, 5.74) is 0. The molecule has 0 aromatic rings. The molecule has 2 rings (SSSR count). The van der Waals surface area contributed by atoms with E-state index in [0.717, 1.165) is 19.5 Å². The van der Waals surface area contributed by atoms with Crippen LogP contribution < -0.4 is 10.6 Å². The highest BCUT2D eigenvalue weighted by Gasteiger charge is 2.35. The average molecular weight is 271 g/mol. The molecule has 0 spiro atoms. The number of aliphatic carboxylic acids is 1. The summed E-state index contributed by atoms with van der Waals surface area (Å²) in [5.74, 6) is -1.13. The number of nitrogens with one attached hydrogen (secondary N) is 2. The third kappa shape index (κ3) is 4.07. The van der Waals surface area contributed by atoms with Gasteiger partial charge < -0.3 is 20.8 Å². The molecule has 0 aromatic heterocycles. The molecule has 0 bridgehead atoms. The largest absolute Gasteiger partial charge is 0.480 e. The molecule has 1 unspecified atom stereocenters. The zero-order valence-electron chi connectivity index (χ0n) is 10.8. The van der Waals surface area contributed by atoms with Crippen LogP contribution >= 0.6 is 0 Å². The molecule has 19 heavy (non-hydrogen) atoms. The Kier molecular flexibility index (Phi) is 4.60. The molecule has 2 fully saturated rings. The summed E-state index contributed by atoms with van der Waals surface area (Å²) < 4.78 is 0. The molecule has 0 aromatic carbocycles. The van der Waals surface area contributed by atoms with Crippen molar-refractivity contribution >= 4 is 12.0 Å². The number of aliphatic hydroxyl groups excluding tert-OH is 1. The predicted molar refractivity (Wildman–Crippen MR) is 67.8 cm³/mol. The number of likely N-dealkylation sites (tertiary alicyclic amines) is 1. The zero-order valence-corrected chi connectivity index (χ0v) is 10.8. The number of carbonyl (C=O) groups is 2. The lowest BCUT2D eigenvalue weighted by atomic mass is 10.2. The van der Waals surface area contributed by atoms with Crippen molar-refractivity contribution in [2.75, 3.05) is 19.7 Å². The van der Waals surface area contributed by atoms with E-state index in [9.17, 15) is 9.59 Å². The van der Waals surface area contributed by atoms with Gasteiger partial charge in [-0.15, -0.1) is 0 Å². The van der Waals surface area contributed by atoms with Crippen LogP contribution in [0.5, 0.6) is 0 Å². The van der Waals surface area contributed by atoms with Gasteiger partial charge in [-0.1, -0.05) is 0 Å². The number of carbonyl (C=O) groups excluding carboxylic acids is 1. The topological polar surface area (TPSA) is 102 Å². The smallest absolute Gasteiger partial charge is 0.326 e. The SMILES string of the molecule is O=C(NC1CCN(C2CC2)C1)N[C@@H](CCO)C(=O)O. The maximum Gasteiger partial charge on any atom is 0.326 e. The van der Waals surface area contributed by atoms with Crippen LogP contribution in [-0.4, -0.2) is 64.9 Å². The summed E-state index contributed by atoms with van der Waals surface area (Å²) in [5, 5.41) is 22.8. The van der Waals surface area contributed by atoms with Gasteiger partial charge in [0.2, 0.25) is 0 Å². The van der Waals surface area contributed by atoms with E-state index in [4.69, 9.17) is 10.2 Å². The molecule has 1 saturated heterocycles. The van der Waals surface area contributed by atoms with Crippen molar-refractivity contribution in [3.05, 3.63) is 0 Å². The molecule has 1 aliphatic heterocycles. The van der Waals surface area contributed by atoms with Gasteiger partial charge in [0.05, 0.1) is 0 Å². The Morgan fingerprint density at radius 1 is 1.32 bits per heavy atom. The molecule has 2 atom stereocenters. The second-order valence-corrected chi connectivity index (χ2v) is 5.23. The highest BCUT2D eigenvalue weighted by Crippen LogP contribution is 2.29. The predicted octanol–water partition coefficient (Wildman–Crippen LogP) is -0.642. The van der Waals surface area contributed by atoms with Crippen LogP contribution in [0.25, 0.3) is 0 Å². The quantitative estimate of drug-likeness (QED) is 0.514. The number of amides is 2. The molecule has 2 amide bonds. The minimum atomic E-state index is -1.13. The van der Waals surface area contributed by atoms with Gasteiger partial charge in [-0.2, -0.15) is 0 Å². The lowest BCUT2D eigenvalue weighted by molar-refractivity contribution is -0.139. The minimum Gasteiger partial charge on any atom is -0.480 e. The molecule has 0 radical (unpaired) electrons. The monoisotopic (exact) mass is 271 g/mol. The third-order valence-corrected chi connectivity index (χ3v) is 3.64. The summed E-state index contributed by atoms with van der Waals surface area (Å²) in [6.07, 6.45) is 3.41. The first-order valence-corrected chi connectivity index (χ1v) is 6.75. The van der Waals surface area contributed by atoms with Crippen LogP contribution in [0.1, 0.15) is 25.7 Å². The first kappa shape index (κ1) is 14.1. The van der Waals surface area contributed by atoms with Gasteiger partial charge in [0, 0.05) is 38.2 Å². The molecule has 1 saturated carbocycles. The Balaban J connectivity index is 1.72. The van der Waals surface area contributed by atoms with E-state index in [1.807, 2.05) is 0 Å². The Labute approximate surface area is 112 Å². The van der Waals surface area contributed by atoms with Crippen molar-refractivity contribution < 1.29 is 19.8 Å². The molecular weight excluding hydrogens is 250 g/mol. The normalized spacial score (nSPS) is 25.0. The summed E-state index contributed by atoms with van der Waals surface area (Å²) in [6, 6.07) is -0.727. The fourth-order valence-electron chi connectivity index (χ4n) is 2.45. The number of rotatable bonds is 6. The lowest BCUT2D eigenvalue weighted by Crippen LogP contribution is -2.49. The molecular formula is C12H21N3O4. The first-order valence-electron chi connectivity index (χ1n) is 6.75. The van der Waals surface area contributed by atoms with Gasteiger partial charge in [-0.3, -0.25) is 4.90 Å². The molecule has 4 N–H and O–H groups in total. The molecule has 7 heteroatoms. The first-order chi connectivity index (χ1) is 9.10. The van der Waals surface area contributed by atoms with E-state index < -0.39 is 18.0 Å². The van der Waals surface area contributed by atoms with Gasteiger partial charge >= 0.3 is 12.0 Å². The highest BCUT2D eigenvalue weighted by molar-refractivity contribution is 5.82. The van der Waals surface area contributed by atoms with Crippen LogP contribution in [0.3, 0.4) is 0 Å². The van der Waals surface area contributed by atoms with Crippen LogP contribution in [-0.2, 0) is 4.79 Å². The summed E-state index contributed by atoms with van der Waals surface area (Å²) in [4.78, 5) is 24.9. The number of urea groups is 1. The number of carboxylic acid groups (broad SMARTS) is 1. The van der Waals surface area contributed by atoms with Crippen molar-refractivity contribution in [2.24, 2.45) is 0 Å². The number of aliphatic hydroxyl groups is 1. The van der Waals surface area contributed by atoms with Crippen LogP contribution in [0.2, 0.25) is 0 Å². The number of hydrogen-bond acceptors (Lipinski definition) is 4. The van der Waals surface area contributed by atoms with Crippen molar-refractivity contribution in [3.8, 4) is 0 Å². The summed E-state index contributed by atoms with van der Waals surface area (Å²) in [6.45, 7) is 1.57. The minimum absolute atomic E-state index is 0.0155. The molecule has 1 aliphatic carbocycles. The summed E-state index contributed by atoms with van der Waals surface area (Å²) >= 11 is 0. The van der Waals surface area contributed by atoms with E-state index >= 15 is 0 Å². The van der Waals surface area contributed by atoms with Crippen molar-refractivity contribution in [1.29, 1.82) is 0 Å². The van der Waals surface area contributed by atoms with E-state index in [0.29, 0.717) is 6.04 Å². The van der Waals surface area contributed by atoms with E-state index in [2.05, 4.69) is 15.5 Å². The fourth-order valence-corrected chi connectivity index (χ4v) is 2.45. The van der Waals surface area contributed by atoms with E-state index in [-0.39, 0.29) is 19.1 Å². The maximum absolute atomic E-state index is 11.7. The average Bonchev–Trinajstić information content (AvgIpc) is 3.10. The van der Waals surface area contributed by atoms with Crippen molar-refractivity contribution in [2.45, 2.75) is 43.8 Å². The standard InChI is InChI=1S/C12H21N3O4/c16-6-4-10(11(17)18)14-12(19)13-8-3-5-15(7-8)9-1-2-9/h8-10,16H,1-7H2,(H,17,18)(H2,13,14,19)/t8?,10-/m0/s1. The van der Waals surface area contributed by atoms with Crippen molar-refractivity contribution in [3.63, 3.8) is 0 Å². The molecule has 7 nitrogen and oxygen atoms in total. The summed E-state index contributed by atoms with van der Waals surface area (Å²) in [7, 11) is 0. The Morgan fingerprint density at radius 2 is 2.05 bits per heavy atom. The highest BCUT2D eigenvalue weighted by atomic mass is 16.4. The molecule has 2 aliphatic rings. The van der Waals surface area contributed by atoms with Crippen molar-refractivity contribution in [1.82, 2.24) is 15.5 Å². The van der Waals surface area contributed by atoms with Gasteiger partial charge in [-0.05, 0) is 19.3 Å². The van der Waals surface area contributed by atoms with Crippen LogP contribution in [0.4, 0.5) is 4.79 Å². The van der Waals surface area contributed by atoms with Gasteiger partial charge in [0.25, 0.3) is 0 Å². The number of hydrogen-bond donors (Lipinski definition) is 4. The van der Waals surface area contributed by atoms with Gasteiger partial charge in [0.1, 0.15) is 6.04 Å². The van der Waals surface area contributed by atoms with E-state index in [1.54, 1.807) is 0 Å². The maximum atomic E-state index is 11.7. The van der Waals surface area contributed by atoms with Gasteiger partial charge in [-0.25, -0.2) is 9.59 Å². The second-order valence-electron chi connectivity index (χ2n) is 5.23. The van der Waals surface area contributed by atoms with Gasteiger partial charge in [0.15, 0.2) is 0 Å². The fraction of sp³-hybridized carbons (Fsp3) is 0.833. The zero-order chi connectivity index (χ0) is 13.8. The third-order valence-electron chi connectivity index (χ3n) is 3.64.